The molecule has 0 saturated heterocycles. The minimum atomic E-state index is 0.287. The first-order chi connectivity index (χ1) is 20.1. The van der Waals surface area contributed by atoms with Crippen molar-refractivity contribution in [1.29, 1.82) is 15.8 Å². The highest BCUT2D eigenvalue weighted by atomic mass is 35.5. The Labute approximate surface area is 273 Å². The summed E-state index contributed by atoms with van der Waals surface area (Å²) in [6.45, 7) is 0. The van der Waals surface area contributed by atoms with Crippen molar-refractivity contribution in [2.45, 2.75) is 0 Å². The van der Waals surface area contributed by atoms with Crippen LogP contribution in [0.2, 0.25) is 30.1 Å². The average molecular weight is 666 g/mol. The van der Waals surface area contributed by atoms with Crippen molar-refractivity contribution in [3.05, 3.63) is 136 Å². The molecule has 4 rings (SSSR count). The monoisotopic (exact) mass is 663 g/mol. The molecule has 0 atom stereocenters. The molecule has 0 spiro atoms. The Morgan fingerprint density at radius 2 is 0.690 bits per heavy atom. The lowest BCUT2D eigenvalue weighted by Crippen LogP contribution is -1.89. The van der Waals surface area contributed by atoms with E-state index in [9.17, 15) is 15.8 Å². The van der Waals surface area contributed by atoms with E-state index in [1.807, 2.05) is 0 Å². The van der Waals surface area contributed by atoms with E-state index in [2.05, 4.69) is 18.2 Å². The van der Waals surface area contributed by atoms with Gasteiger partial charge in [-0.2, -0.15) is 15.8 Å². The van der Waals surface area contributed by atoms with E-state index in [-0.39, 0.29) is 16.7 Å². The van der Waals surface area contributed by atoms with Gasteiger partial charge in [-0.3, -0.25) is 0 Å². The zero-order valence-corrected chi connectivity index (χ0v) is 25.8. The summed E-state index contributed by atoms with van der Waals surface area (Å²) in [6.07, 6.45) is 4.98. The molecular weight excluding hydrogens is 651 g/mol. The molecule has 0 saturated carbocycles. The summed E-state index contributed by atoms with van der Waals surface area (Å²) < 4.78 is 0. The predicted octanol–water partition coefficient (Wildman–Crippen LogP) is 11.8. The summed E-state index contributed by atoms with van der Waals surface area (Å²) >= 11 is 37.3. The number of hydrogen-bond donors (Lipinski definition) is 0. The van der Waals surface area contributed by atoms with E-state index in [1.165, 1.54) is 0 Å². The molecular formula is C33H15Cl6N3. The van der Waals surface area contributed by atoms with Gasteiger partial charge in [0.15, 0.2) is 0 Å². The van der Waals surface area contributed by atoms with Crippen LogP contribution in [0.3, 0.4) is 0 Å². The molecule has 0 bridgehead atoms. The van der Waals surface area contributed by atoms with Crippen LogP contribution in [0.1, 0.15) is 33.4 Å². The van der Waals surface area contributed by atoms with Crippen LogP contribution in [0.5, 0.6) is 0 Å². The fourth-order valence-corrected chi connectivity index (χ4v) is 5.62. The van der Waals surface area contributed by atoms with Gasteiger partial charge in [0, 0.05) is 31.8 Å². The lowest BCUT2D eigenvalue weighted by atomic mass is 9.96. The number of halogens is 6. The van der Waals surface area contributed by atoms with Crippen molar-refractivity contribution in [2.24, 2.45) is 0 Å². The van der Waals surface area contributed by atoms with Crippen LogP contribution < -0.4 is 0 Å². The van der Waals surface area contributed by atoms with Gasteiger partial charge in [-0.1, -0.05) is 87.8 Å². The number of allylic oxidation sites excluding steroid dienone is 3. The molecule has 0 heterocycles. The highest BCUT2D eigenvalue weighted by Gasteiger charge is 2.12. The number of benzene rings is 4. The van der Waals surface area contributed by atoms with E-state index >= 15 is 0 Å². The molecule has 0 aromatic heterocycles. The Bertz CT molecular complexity index is 1700. The summed E-state index contributed by atoms with van der Waals surface area (Å²) in [7, 11) is 0. The number of nitriles is 3. The molecule has 0 fully saturated rings. The summed E-state index contributed by atoms with van der Waals surface area (Å²) in [4.78, 5) is 0. The third kappa shape index (κ3) is 7.57. The summed E-state index contributed by atoms with van der Waals surface area (Å²) in [5, 5.41) is 32.2. The van der Waals surface area contributed by atoms with Gasteiger partial charge < -0.3 is 0 Å². The molecule has 0 amide bonds. The van der Waals surface area contributed by atoms with E-state index in [4.69, 9.17) is 69.6 Å². The highest BCUT2D eigenvalue weighted by molar-refractivity contribution is 6.37. The van der Waals surface area contributed by atoms with Gasteiger partial charge in [0.05, 0.1) is 50.0 Å². The second-order valence-corrected chi connectivity index (χ2v) is 11.3. The average Bonchev–Trinajstić information content (AvgIpc) is 2.94. The molecule has 0 aliphatic heterocycles. The van der Waals surface area contributed by atoms with E-state index in [0.29, 0.717) is 63.5 Å². The van der Waals surface area contributed by atoms with Crippen molar-refractivity contribution >= 4 is 105 Å². The molecule has 0 N–H and O–H groups in total. The first-order valence-corrected chi connectivity index (χ1v) is 14.3. The highest BCUT2D eigenvalue weighted by Crippen LogP contribution is 2.32. The van der Waals surface area contributed by atoms with Gasteiger partial charge >= 0.3 is 0 Å². The van der Waals surface area contributed by atoms with Crippen molar-refractivity contribution in [3.8, 4) is 18.2 Å². The summed E-state index contributed by atoms with van der Waals surface area (Å²) in [5.41, 5.74) is 4.18. The number of rotatable bonds is 6. The smallest absolute Gasteiger partial charge is 0.0998 e. The molecule has 9 heteroatoms. The van der Waals surface area contributed by atoms with Crippen LogP contribution >= 0.6 is 69.6 Å². The van der Waals surface area contributed by atoms with Gasteiger partial charge in [0.25, 0.3) is 0 Å². The molecule has 0 aliphatic carbocycles. The minimum absolute atomic E-state index is 0.287. The normalized spacial score (nSPS) is 11.9. The van der Waals surface area contributed by atoms with E-state index in [0.717, 1.165) is 0 Å². The lowest BCUT2D eigenvalue weighted by molar-refractivity contribution is 1.51. The van der Waals surface area contributed by atoms with Gasteiger partial charge in [-0.15, -0.1) is 0 Å². The maximum Gasteiger partial charge on any atom is 0.0998 e. The fourth-order valence-electron chi connectivity index (χ4n) is 4.09. The fraction of sp³-hybridized carbons (Fsp3) is 0. The van der Waals surface area contributed by atoms with Crippen molar-refractivity contribution in [2.75, 3.05) is 0 Å². The molecule has 4 aromatic rings. The molecule has 204 valence electrons. The molecule has 0 unspecified atom stereocenters. The maximum absolute atomic E-state index is 9.97. The largest absolute Gasteiger partial charge is 0.192 e. The third-order valence-electron chi connectivity index (χ3n) is 5.96. The Balaban J connectivity index is 1.93. The van der Waals surface area contributed by atoms with Gasteiger partial charge in [-0.25, -0.2) is 0 Å². The third-order valence-corrected chi connectivity index (χ3v) is 7.60. The van der Waals surface area contributed by atoms with E-state index < -0.39 is 0 Å². The molecule has 0 aliphatic rings. The Kier molecular flexibility index (Phi) is 10.4. The van der Waals surface area contributed by atoms with Crippen molar-refractivity contribution < 1.29 is 0 Å². The van der Waals surface area contributed by atoms with Crippen LogP contribution in [0.4, 0.5) is 0 Å². The number of hydrogen-bond acceptors (Lipinski definition) is 3. The quantitative estimate of drug-likeness (QED) is 0.152. The standard InChI is InChI=1S/C33H15Cl6N3/c34-25-1-4-28(31(37)13-25)22(16-40)10-19-7-20(11-23(17-41)29-5-2-26(35)14-32(29)38)9-21(8-19)12-24(18-42)30-6-3-27(36)15-33(30)39/h1-15H/b22-10+,23-11+,24-12+. The minimum Gasteiger partial charge on any atom is -0.192 e. The van der Waals surface area contributed by atoms with Crippen LogP contribution in [0, 0.1) is 34.0 Å². The lowest BCUT2D eigenvalue weighted by Gasteiger charge is -2.08. The molecule has 4 aromatic carbocycles. The zero-order chi connectivity index (χ0) is 30.4. The second kappa shape index (κ2) is 14.0. The van der Waals surface area contributed by atoms with Gasteiger partial charge in [0.1, 0.15) is 0 Å². The molecule has 42 heavy (non-hydrogen) atoms. The first kappa shape index (κ1) is 31.3. The van der Waals surface area contributed by atoms with Crippen molar-refractivity contribution in [3.63, 3.8) is 0 Å². The maximum atomic E-state index is 9.97. The Morgan fingerprint density at radius 3 is 0.905 bits per heavy atom. The van der Waals surface area contributed by atoms with Gasteiger partial charge in [0.2, 0.25) is 0 Å². The Hall–Kier alpha value is -3.69. The van der Waals surface area contributed by atoms with E-state index in [1.54, 1.807) is 91.0 Å². The molecule has 3 nitrogen and oxygen atoms in total. The SMILES string of the molecule is N#C/C(=C\c1cc(/C=C(\C#N)c2ccc(Cl)cc2Cl)cc(/C=C(\C#N)c2ccc(Cl)cc2Cl)c1)c1ccc(Cl)cc1Cl. The topological polar surface area (TPSA) is 71.4 Å². The Morgan fingerprint density at radius 1 is 0.429 bits per heavy atom. The first-order valence-electron chi connectivity index (χ1n) is 12.0. The van der Waals surface area contributed by atoms with Crippen LogP contribution in [0.25, 0.3) is 34.9 Å². The van der Waals surface area contributed by atoms with Crippen LogP contribution in [-0.2, 0) is 0 Å². The van der Waals surface area contributed by atoms with Crippen LogP contribution in [-0.4, -0.2) is 0 Å². The second-order valence-electron chi connectivity index (χ2n) is 8.81. The van der Waals surface area contributed by atoms with Gasteiger partial charge in [-0.05, 0) is 89.5 Å². The van der Waals surface area contributed by atoms with Crippen LogP contribution in [0.15, 0.2) is 72.8 Å². The molecule has 0 radical (unpaired) electrons. The predicted molar refractivity (Wildman–Crippen MR) is 176 cm³/mol. The summed E-state index contributed by atoms with van der Waals surface area (Å²) in [6, 6.07) is 26.5. The number of nitrogens with zero attached hydrogens (tertiary/aromatic N) is 3. The zero-order valence-electron chi connectivity index (χ0n) is 21.3. The van der Waals surface area contributed by atoms with Crippen molar-refractivity contribution in [1.82, 2.24) is 0 Å². The summed E-state index contributed by atoms with van der Waals surface area (Å²) in [5.74, 6) is 0.